The Labute approximate surface area is 137 Å². The van der Waals surface area contributed by atoms with Gasteiger partial charge in [-0.05, 0) is 58.5 Å². The van der Waals surface area contributed by atoms with E-state index < -0.39 is 0 Å². The number of halogens is 1. The molecule has 0 fully saturated rings. The molecule has 5 heteroatoms. The second kappa shape index (κ2) is 7.09. The lowest BCUT2D eigenvalue weighted by atomic mass is 10.1. The SMILES string of the molecule is COc1ccc(C(=O)N(C#N)Cc2ccccc2I)cc1. The molecule has 0 aliphatic heterocycles. The van der Waals surface area contributed by atoms with Crippen LogP contribution in [0, 0.1) is 15.0 Å². The summed E-state index contributed by atoms with van der Waals surface area (Å²) in [6, 6.07) is 14.4. The molecule has 0 unspecified atom stereocenters. The molecule has 0 aromatic heterocycles. The number of hydrogen-bond acceptors (Lipinski definition) is 3. The number of ether oxygens (including phenoxy) is 1. The second-order valence-electron chi connectivity index (χ2n) is 4.31. The zero-order valence-electron chi connectivity index (χ0n) is 11.4. The Kier molecular flexibility index (Phi) is 5.17. The van der Waals surface area contributed by atoms with Crippen LogP contribution in [0.15, 0.2) is 48.5 Å². The summed E-state index contributed by atoms with van der Waals surface area (Å²) in [5, 5.41) is 9.24. The molecule has 2 aromatic carbocycles. The molecule has 4 nitrogen and oxygen atoms in total. The minimum atomic E-state index is -0.320. The van der Waals surface area contributed by atoms with Gasteiger partial charge in [-0.15, -0.1) is 0 Å². The van der Waals surface area contributed by atoms with E-state index in [2.05, 4.69) is 22.6 Å². The molecule has 2 aromatic rings. The average molecular weight is 392 g/mol. The Hall–Kier alpha value is -2.07. The highest BCUT2D eigenvalue weighted by molar-refractivity contribution is 14.1. The quantitative estimate of drug-likeness (QED) is 0.455. The van der Waals surface area contributed by atoms with Crippen molar-refractivity contribution in [1.82, 2.24) is 4.90 Å². The number of hydrogen-bond donors (Lipinski definition) is 0. The Bertz CT molecular complexity index is 677. The summed E-state index contributed by atoms with van der Waals surface area (Å²) in [4.78, 5) is 13.5. The summed E-state index contributed by atoms with van der Waals surface area (Å²) < 4.78 is 6.08. The predicted octanol–water partition coefficient (Wildman–Crippen LogP) is 3.42. The Balaban J connectivity index is 2.19. The smallest absolute Gasteiger partial charge is 0.267 e. The van der Waals surface area contributed by atoms with E-state index in [1.165, 1.54) is 0 Å². The Morgan fingerprint density at radius 1 is 1.24 bits per heavy atom. The summed E-state index contributed by atoms with van der Waals surface area (Å²) >= 11 is 2.19. The van der Waals surface area contributed by atoms with Crippen molar-refractivity contribution in [2.45, 2.75) is 6.54 Å². The fourth-order valence-corrected chi connectivity index (χ4v) is 2.40. The summed E-state index contributed by atoms with van der Waals surface area (Å²) in [5.41, 5.74) is 1.41. The highest BCUT2D eigenvalue weighted by Gasteiger charge is 2.16. The van der Waals surface area contributed by atoms with Gasteiger partial charge in [0.2, 0.25) is 0 Å². The van der Waals surface area contributed by atoms with Gasteiger partial charge in [0.1, 0.15) is 5.75 Å². The van der Waals surface area contributed by atoms with Crippen LogP contribution in [0.3, 0.4) is 0 Å². The molecule has 0 saturated carbocycles. The first-order chi connectivity index (χ1) is 10.2. The Morgan fingerprint density at radius 3 is 2.48 bits per heavy atom. The number of methoxy groups -OCH3 is 1. The van der Waals surface area contributed by atoms with Gasteiger partial charge in [-0.1, -0.05) is 18.2 Å². The van der Waals surface area contributed by atoms with Gasteiger partial charge in [0, 0.05) is 9.13 Å². The van der Waals surface area contributed by atoms with Crippen LogP contribution < -0.4 is 4.74 Å². The summed E-state index contributed by atoms with van der Waals surface area (Å²) in [6.07, 6.45) is 1.95. The molecular formula is C16H13IN2O2. The van der Waals surface area contributed by atoms with Crippen LogP contribution in [0.2, 0.25) is 0 Å². The maximum absolute atomic E-state index is 12.4. The minimum Gasteiger partial charge on any atom is -0.497 e. The summed E-state index contributed by atoms with van der Waals surface area (Å²) in [5.74, 6) is 0.354. The number of nitriles is 1. The molecule has 2 rings (SSSR count). The third-order valence-corrected chi connectivity index (χ3v) is 4.04. The van der Waals surface area contributed by atoms with Crippen molar-refractivity contribution >= 4 is 28.5 Å². The summed E-state index contributed by atoms with van der Waals surface area (Å²) in [7, 11) is 1.57. The van der Waals surface area contributed by atoms with Gasteiger partial charge in [-0.3, -0.25) is 4.79 Å². The fourth-order valence-electron chi connectivity index (χ4n) is 1.84. The first-order valence-corrected chi connectivity index (χ1v) is 7.32. The number of rotatable bonds is 4. The zero-order valence-corrected chi connectivity index (χ0v) is 13.6. The van der Waals surface area contributed by atoms with Gasteiger partial charge in [-0.2, -0.15) is 5.26 Å². The molecule has 0 atom stereocenters. The first-order valence-electron chi connectivity index (χ1n) is 6.24. The predicted molar refractivity (Wildman–Crippen MR) is 87.6 cm³/mol. The molecule has 0 spiro atoms. The van der Waals surface area contributed by atoms with E-state index in [1.54, 1.807) is 31.4 Å². The summed E-state index contributed by atoms with van der Waals surface area (Å²) in [6.45, 7) is 0.264. The van der Waals surface area contributed by atoms with E-state index in [-0.39, 0.29) is 12.5 Å². The van der Waals surface area contributed by atoms with E-state index in [0.717, 1.165) is 14.0 Å². The number of nitrogens with zero attached hydrogens (tertiary/aromatic N) is 2. The van der Waals surface area contributed by atoms with Crippen molar-refractivity contribution in [1.29, 1.82) is 5.26 Å². The van der Waals surface area contributed by atoms with Gasteiger partial charge >= 0.3 is 0 Å². The van der Waals surface area contributed by atoms with Crippen LogP contribution in [0.1, 0.15) is 15.9 Å². The topological polar surface area (TPSA) is 53.3 Å². The maximum Gasteiger partial charge on any atom is 0.267 e. The second-order valence-corrected chi connectivity index (χ2v) is 5.47. The highest BCUT2D eigenvalue weighted by atomic mass is 127. The van der Waals surface area contributed by atoms with Crippen molar-refractivity contribution in [2.24, 2.45) is 0 Å². The van der Waals surface area contributed by atoms with Gasteiger partial charge in [0.15, 0.2) is 6.19 Å². The van der Waals surface area contributed by atoms with E-state index in [0.29, 0.717) is 11.3 Å². The maximum atomic E-state index is 12.4. The van der Waals surface area contributed by atoms with Crippen molar-refractivity contribution in [3.63, 3.8) is 0 Å². The van der Waals surface area contributed by atoms with Gasteiger partial charge < -0.3 is 4.74 Å². The van der Waals surface area contributed by atoms with Crippen LogP contribution in [0.5, 0.6) is 5.75 Å². The minimum absolute atomic E-state index is 0.264. The van der Waals surface area contributed by atoms with Crippen LogP contribution in [-0.4, -0.2) is 17.9 Å². The number of amides is 1. The molecule has 0 saturated heterocycles. The molecule has 0 radical (unpaired) electrons. The van der Waals surface area contributed by atoms with Crippen molar-refractivity contribution in [3.05, 3.63) is 63.2 Å². The van der Waals surface area contributed by atoms with E-state index in [1.807, 2.05) is 30.5 Å². The largest absolute Gasteiger partial charge is 0.497 e. The Morgan fingerprint density at radius 2 is 1.90 bits per heavy atom. The zero-order chi connectivity index (χ0) is 15.2. The van der Waals surface area contributed by atoms with Gasteiger partial charge in [-0.25, -0.2) is 4.90 Å². The van der Waals surface area contributed by atoms with Crippen LogP contribution in [-0.2, 0) is 6.54 Å². The molecule has 0 N–H and O–H groups in total. The number of carbonyl (C=O) groups excluding carboxylic acids is 1. The van der Waals surface area contributed by atoms with Crippen LogP contribution in [0.25, 0.3) is 0 Å². The standard InChI is InChI=1S/C16H13IN2O2/c1-21-14-8-6-12(7-9-14)16(20)19(11-18)10-13-4-2-3-5-15(13)17/h2-9H,10H2,1H3. The lowest BCUT2D eigenvalue weighted by molar-refractivity contribution is 0.0824. The first kappa shape index (κ1) is 15.3. The van der Waals surface area contributed by atoms with Crippen LogP contribution in [0.4, 0.5) is 0 Å². The molecular weight excluding hydrogens is 379 g/mol. The number of carbonyl (C=O) groups is 1. The van der Waals surface area contributed by atoms with Crippen molar-refractivity contribution < 1.29 is 9.53 Å². The normalized spacial score (nSPS) is 9.76. The molecule has 21 heavy (non-hydrogen) atoms. The average Bonchev–Trinajstić information content (AvgIpc) is 2.53. The highest BCUT2D eigenvalue weighted by Crippen LogP contribution is 2.17. The number of benzene rings is 2. The third kappa shape index (κ3) is 3.73. The van der Waals surface area contributed by atoms with Crippen molar-refractivity contribution in [3.8, 4) is 11.9 Å². The fraction of sp³-hybridized carbons (Fsp3) is 0.125. The van der Waals surface area contributed by atoms with E-state index in [9.17, 15) is 10.1 Å². The lowest BCUT2D eigenvalue weighted by Gasteiger charge is -2.15. The lowest BCUT2D eigenvalue weighted by Crippen LogP contribution is -2.26. The molecule has 0 aliphatic carbocycles. The monoisotopic (exact) mass is 392 g/mol. The van der Waals surface area contributed by atoms with E-state index >= 15 is 0 Å². The van der Waals surface area contributed by atoms with Gasteiger partial charge in [0.05, 0.1) is 13.7 Å². The molecule has 106 valence electrons. The van der Waals surface area contributed by atoms with Crippen LogP contribution >= 0.6 is 22.6 Å². The molecule has 0 bridgehead atoms. The van der Waals surface area contributed by atoms with Crippen molar-refractivity contribution in [2.75, 3.05) is 7.11 Å². The van der Waals surface area contributed by atoms with Gasteiger partial charge in [0.25, 0.3) is 5.91 Å². The third-order valence-electron chi connectivity index (χ3n) is 2.99. The molecule has 0 heterocycles. The molecule has 1 amide bonds. The van der Waals surface area contributed by atoms with E-state index in [4.69, 9.17) is 4.74 Å². The molecule has 0 aliphatic rings.